The van der Waals surface area contributed by atoms with Crippen molar-refractivity contribution in [1.29, 1.82) is 0 Å². The molecule has 3 rings (SSSR count). The van der Waals surface area contributed by atoms with Crippen molar-refractivity contribution in [2.45, 2.75) is 20.8 Å². The summed E-state index contributed by atoms with van der Waals surface area (Å²) in [6, 6.07) is 13.4. The van der Waals surface area contributed by atoms with E-state index in [4.69, 9.17) is 5.73 Å². The predicted molar refractivity (Wildman–Crippen MR) is 110 cm³/mol. The molecule has 1 amide bonds. The van der Waals surface area contributed by atoms with Crippen molar-refractivity contribution in [2.75, 3.05) is 21.7 Å². The van der Waals surface area contributed by atoms with Crippen LogP contribution in [0.1, 0.15) is 18.1 Å². The lowest BCUT2D eigenvalue weighted by Gasteiger charge is -2.13. The van der Waals surface area contributed by atoms with Gasteiger partial charge in [0.2, 0.25) is 5.91 Å². The third-order valence-electron chi connectivity index (χ3n) is 3.84. The van der Waals surface area contributed by atoms with Crippen LogP contribution in [-0.2, 0) is 4.79 Å². The molecule has 0 saturated carbocycles. The molecule has 0 atom stereocenters. The van der Waals surface area contributed by atoms with Crippen molar-refractivity contribution in [3.05, 3.63) is 59.9 Å². The lowest BCUT2D eigenvalue weighted by Crippen LogP contribution is -2.06. The monoisotopic (exact) mass is 362 g/mol. The van der Waals surface area contributed by atoms with Crippen LogP contribution in [0.15, 0.2) is 48.8 Å². The smallest absolute Gasteiger partial charge is 0.221 e. The fourth-order valence-corrected chi connectivity index (χ4v) is 2.76. The molecule has 0 saturated heterocycles. The fourth-order valence-electron chi connectivity index (χ4n) is 2.76. The zero-order chi connectivity index (χ0) is 19.4. The first kappa shape index (κ1) is 18.2. The number of benzene rings is 2. The minimum atomic E-state index is -0.113. The van der Waals surface area contributed by atoms with Crippen molar-refractivity contribution in [1.82, 2.24) is 9.97 Å². The Kier molecular flexibility index (Phi) is 5.21. The molecule has 2 aromatic carbocycles. The van der Waals surface area contributed by atoms with Gasteiger partial charge in [-0.15, -0.1) is 0 Å². The number of nitrogens with two attached hydrogens (primary N) is 1. The molecule has 7 nitrogen and oxygen atoms in total. The third-order valence-corrected chi connectivity index (χ3v) is 3.84. The number of nitrogens with one attached hydrogen (secondary N) is 3. The Morgan fingerprint density at radius 3 is 1.93 bits per heavy atom. The highest BCUT2D eigenvalue weighted by molar-refractivity contribution is 5.89. The highest BCUT2D eigenvalue weighted by atomic mass is 16.1. The molecule has 138 valence electrons. The molecular weight excluding hydrogens is 340 g/mol. The number of amides is 1. The number of carbonyl (C=O) groups is 1. The van der Waals surface area contributed by atoms with Crippen molar-refractivity contribution < 1.29 is 4.79 Å². The van der Waals surface area contributed by atoms with Crippen LogP contribution < -0.4 is 21.7 Å². The second-order valence-electron chi connectivity index (χ2n) is 6.37. The molecule has 5 N–H and O–H groups in total. The number of aryl methyl sites for hydroxylation is 2. The van der Waals surface area contributed by atoms with Gasteiger partial charge in [-0.25, -0.2) is 9.97 Å². The Labute approximate surface area is 158 Å². The van der Waals surface area contributed by atoms with Gasteiger partial charge in [0.1, 0.15) is 12.0 Å². The van der Waals surface area contributed by atoms with E-state index in [1.54, 1.807) is 12.1 Å². The van der Waals surface area contributed by atoms with Crippen LogP contribution >= 0.6 is 0 Å². The molecule has 3 aromatic rings. The maximum Gasteiger partial charge on any atom is 0.221 e. The van der Waals surface area contributed by atoms with Crippen LogP contribution in [0.2, 0.25) is 0 Å². The van der Waals surface area contributed by atoms with Gasteiger partial charge in [-0.3, -0.25) is 4.79 Å². The third kappa shape index (κ3) is 4.72. The van der Waals surface area contributed by atoms with Crippen LogP contribution in [0.4, 0.5) is 34.4 Å². The average molecular weight is 362 g/mol. The largest absolute Gasteiger partial charge is 0.393 e. The van der Waals surface area contributed by atoms with Crippen LogP contribution in [0.5, 0.6) is 0 Å². The first-order valence-electron chi connectivity index (χ1n) is 8.51. The minimum Gasteiger partial charge on any atom is -0.393 e. The van der Waals surface area contributed by atoms with E-state index in [1.165, 1.54) is 13.3 Å². The maximum atomic E-state index is 11.1. The van der Waals surface area contributed by atoms with Gasteiger partial charge in [-0.2, -0.15) is 0 Å². The van der Waals surface area contributed by atoms with Gasteiger partial charge in [0.25, 0.3) is 0 Å². The normalized spacial score (nSPS) is 10.3. The summed E-state index contributed by atoms with van der Waals surface area (Å²) in [7, 11) is 0. The highest BCUT2D eigenvalue weighted by Gasteiger charge is 2.09. The van der Waals surface area contributed by atoms with E-state index in [0.717, 1.165) is 28.2 Å². The summed E-state index contributed by atoms with van der Waals surface area (Å²) >= 11 is 0. The maximum absolute atomic E-state index is 11.1. The van der Waals surface area contributed by atoms with Crippen LogP contribution in [0, 0.1) is 13.8 Å². The molecule has 0 unspecified atom stereocenters. The number of hydrogen-bond acceptors (Lipinski definition) is 6. The molecule has 0 bridgehead atoms. The summed E-state index contributed by atoms with van der Waals surface area (Å²) in [6.07, 6.45) is 1.45. The first-order chi connectivity index (χ1) is 12.9. The number of nitrogens with zero attached hydrogens (tertiary/aromatic N) is 2. The van der Waals surface area contributed by atoms with Gasteiger partial charge in [-0.1, -0.05) is 6.07 Å². The van der Waals surface area contributed by atoms with E-state index in [9.17, 15) is 4.79 Å². The summed E-state index contributed by atoms with van der Waals surface area (Å²) in [5, 5.41) is 9.15. The van der Waals surface area contributed by atoms with E-state index in [-0.39, 0.29) is 5.91 Å². The lowest BCUT2D eigenvalue weighted by atomic mass is 10.1. The van der Waals surface area contributed by atoms with E-state index in [0.29, 0.717) is 17.3 Å². The summed E-state index contributed by atoms with van der Waals surface area (Å²) in [5.74, 6) is 0.925. The molecule has 1 heterocycles. The van der Waals surface area contributed by atoms with Gasteiger partial charge in [0, 0.05) is 24.0 Å². The second-order valence-corrected chi connectivity index (χ2v) is 6.37. The van der Waals surface area contributed by atoms with Crippen molar-refractivity contribution in [3.63, 3.8) is 0 Å². The zero-order valence-electron chi connectivity index (χ0n) is 15.5. The highest BCUT2D eigenvalue weighted by Crippen LogP contribution is 2.29. The van der Waals surface area contributed by atoms with Crippen LogP contribution in [0.25, 0.3) is 0 Å². The first-order valence-corrected chi connectivity index (χ1v) is 8.51. The Balaban J connectivity index is 1.79. The molecule has 1 aromatic heterocycles. The Morgan fingerprint density at radius 1 is 0.852 bits per heavy atom. The van der Waals surface area contributed by atoms with Crippen LogP contribution in [-0.4, -0.2) is 15.9 Å². The molecule has 0 radical (unpaired) electrons. The van der Waals surface area contributed by atoms with Crippen molar-refractivity contribution in [2.24, 2.45) is 0 Å². The van der Waals surface area contributed by atoms with Gasteiger partial charge in [0.05, 0.1) is 0 Å². The molecule has 27 heavy (non-hydrogen) atoms. The average Bonchev–Trinajstić information content (AvgIpc) is 2.59. The minimum absolute atomic E-state index is 0.113. The quantitative estimate of drug-likeness (QED) is 0.544. The molecule has 0 spiro atoms. The van der Waals surface area contributed by atoms with Crippen LogP contribution in [0.3, 0.4) is 0 Å². The Hall–Kier alpha value is -3.61. The molecule has 0 fully saturated rings. The predicted octanol–water partition coefficient (Wildman–Crippen LogP) is 4.12. The SMILES string of the molecule is CC(=O)Nc1ccc(Nc2ncnc(Nc3cc(C)cc(C)c3)c2N)cc1. The molecular formula is C20H22N6O. The van der Waals surface area contributed by atoms with E-state index < -0.39 is 0 Å². The zero-order valence-corrected chi connectivity index (χ0v) is 15.5. The fraction of sp³-hybridized carbons (Fsp3) is 0.150. The van der Waals surface area contributed by atoms with Crippen molar-refractivity contribution >= 4 is 40.3 Å². The van der Waals surface area contributed by atoms with E-state index in [1.807, 2.05) is 38.1 Å². The van der Waals surface area contributed by atoms with Gasteiger partial charge in [0.15, 0.2) is 11.6 Å². The number of anilines is 6. The summed E-state index contributed by atoms with van der Waals surface area (Å²) in [6.45, 7) is 5.55. The summed E-state index contributed by atoms with van der Waals surface area (Å²) < 4.78 is 0. The number of nitrogen functional groups attached to an aromatic ring is 1. The van der Waals surface area contributed by atoms with Gasteiger partial charge >= 0.3 is 0 Å². The van der Waals surface area contributed by atoms with Crippen molar-refractivity contribution in [3.8, 4) is 0 Å². The molecule has 0 aliphatic heterocycles. The summed E-state index contributed by atoms with van der Waals surface area (Å²) in [5.41, 5.74) is 11.4. The number of aromatic nitrogens is 2. The Morgan fingerprint density at radius 2 is 1.37 bits per heavy atom. The lowest BCUT2D eigenvalue weighted by molar-refractivity contribution is -0.114. The topological polar surface area (TPSA) is 105 Å². The molecule has 0 aliphatic carbocycles. The van der Waals surface area contributed by atoms with E-state index >= 15 is 0 Å². The van der Waals surface area contributed by atoms with Gasteiger partial charge < -0.3 is 21.7 Å². The van der Waals surface area contributed by atoms with E-state index in [2.05, 4.69) is 32.0 Å². The number of rotatable bonds is 5. The van der Waals surface area contributed by atoms with Gasteiger partial charge in [-0.05, 0) is 61.4 Å². The second kappa shape index (κ2) is 7.74. The standard InChI is InChI=1S/C20H22N6O/c1-12-8-13(2)10-17(9-12)26-20-18(21)19(22-11-23-20)25-16-6-4-15(5-7-16)24-14(3)27/h4-11H,21H2,1-3H3,(H,24,27)(H2,22,23,25,26). The Bertz CT molecular complexity index is 948. The summed E-state index contributed by atoms with van der Waals surface area (Å²) in [4.78, 5) is 19.6. The number of hydrogen-bond donors (Lipinski definition) is 4. The molecule has 0 aliphatic rings. The number of carbonyl (C=O) groups excluding carboxylic acids is 1. The molecule has 7 heteroatoms.